The van der Waals surface area contributed by atoms with Gasteiger partial charge in [0.15, 0.2) is 23.0 Å². The normalized spacial score (nSPS) is 12.9. The third-order valence-corrected chi connectivity index (χ3v) is 4.82. The predicted octanol–water partition coefficient (Wildman–Crippen LogP) is 3.28. The molecule has 6 nitrogen and oxygen atoms in total. The van der Waals surface area contributed by atoms with Gasteiger partial charge in [-0.1, -0.05) is 12.1 Å². The van der Waals surface area contributed by atoms with E-state index < -0.39 is 0 Å². The Labute approximate surface area is 166 Å². The Bertz CT molecular complexity index is 774. The van der Waals surface area contributed by atoms with Crippen molar-refractivity contribution in [1.29, 1.82) is 0 Å². The molecule has 2 rings (SSSR count). The van der Waals surface area contributed by atoms with Crippen molar-refractivity contribution >= 4 is 6.29 Å². The van der Waals surface area contributed by atoms with Crippen LogP contribution < -0.4 is 14.2 Å². The smallest absolute Gasteiger partial charge is 0.160 e. The molecular weight excluding hydrogens is 360 g/mol. The minimum Gasteiger partial charge on any atom is -0.504 e. The van der Waals surface area contributed by atoms with Gasteiger partial charge in [0, 0.05) is 13.0 Å². The first-order valence-corrected chi connectivity index (χ1v) is 9.07. The third kappa shape index (κ3) is 5.39. The molecular formula is C22H28O6. The van der Waals surface area contributed by atoms with Gasteiger partial charge in [-0.3, -0.25) is 0 Å². The molecule has 2 unspecified atom stereocenters. The molecule has 0 fully saturated rings. The zero-order valence-corrected chi connectivity index (χ0v) is 16.8. The van der Waals surface area contributed by atoms with E-state index in [0.29, 0.717) is 36.7 Å². The lowest BCUT2D eigenvalue weighted by Crippen LogP contribution is -2.25. The van der Waals surface area contributed by atoms with E-state index in [1.807, 2.05) is 24.3 Å². The van der Waals surface area contributed by atoms with Gasteiger partial charge < -0.3 is 28.8 Å². The molecule has 0 aliphatic heterocycles. The van der Waals surface area contributed by atoms with Gasteiger partial charge in [-0.25, -0.2) is 0 Å². The fourth-order valence-corrected chi connectivity index (χ4v) is 3.31. The molecule has 0 saturated carbocycles. The first-order valence-electron chi connectivity index (χ1n) is 9.07. The third-order valence-electron chi connectivity index (χ3n) is 4.82. The van der Waals surface area contributed by atoms with Gasteiger partial charge in [-0.05, 0) is 54.2 Å². The highest BCUT2D eigenvalue weighted by molar-refractivity contribution is 5.56. The Morgan fingerprint density at radius 3 is 2.07 bits per heavy atom. The van der Waals surface area contributed by atoms with Crippen LogP contribution in [0.2, 0.25) is 0 Å². The highest BCUT2D eigenvalue weighted by atomic mass is 16.5. The molecule has 6 heteroatoms. The number of benzene rings is 2. The zero-order valence-electron chi connectivity index (χ0n) is 16.8. The maximum absolute atomic E-state index is 11.9. The molecule has 28 heavy (non-hydrogen) atoms. The van der Waals surface area contributed by atoms with Crippen molar-refractivity contribution in [3.63, 3.8) is 0 Å². The summed E-state index contributed by atoms with van der Waals surface area (Å²) in [5.41, 5.74) is 1.95. The van der Waals surface area contributed by atoms with Crippen molar-refractivity contribution in [3.05, 3.63) is 47.5 Å². The fraction of sp³-hybridized carbons (Fsp3) is 0.409. The van der Waals surface area contributed by atoms with Gasteiger partial charge >= 0.3 is 0 Å². The Kier molecular flexibility index (Phi) is 8.14. The average molecular weight is 388 g/mol. The summed E-state index contributed by atoms with van der Waals surface area (Å²) in [6.45, 7) is 0.444. The zero-order chi connectivity index (χ0) is 20.5. The van der Waals surface area contributed by atoms with Crippen molar-refractivity contribution in [2.24, 2.45) is 11.8 Å². The van der Waals surface area contributed by atoms with E-state index >= 15 is 0 Å². The van der Waals surface area contributed by atoms with Crippen LogP contribution in [0.3, 0.4) is 0 Å². The number of hydrogen-bond donors (Lipinski definition) is 1. The molecule has 2 atom stereocenters. The van der Waals surface area contributed by atoms with Crippen LogP contribution in [0.5, 0.6) is 23.0 Å². The van der Waals surface area contributed by atoms with Crippen molar-refractivity contribution in [2.75, 3.05) is 35.0 Å². The lowest BCUT2D eigenvalue weighted by molar-refractivity contribution is -0.113. The van der Waals surface area contributed by atoms with E-state index in [2.05, 4.69) is 0 Å². The number of ether oxygens (including phenoxy) is 4. The standard InChI is InChI=1S/C22H28O6/c1-25-14-18(10-15-5-7-19(24)21(11-15)27-3)17(13-23)9-16-6-8-20(26-2)22(12-16)28-4/h5-8,11-13,17-18,24H,9-10,14H2,1-4H3. The fourth-order valence-electron chi connectivity index (χ4n) is 3.31. The molecule has 0 heterocycles. The number of methoxy groups -OCH3 is 4. The first-order chi connectivity index (χ1) is 13.6. The predicted molar refractivity (Wildman–Crippen MR) is 107 cm³/mol. The van der Waals surface area contributed by atoms with Gasteiger partial charge in [0.05, 0.1) is 27.9 Å². The number of rotatable bonds is 11. The summed E-state index contributed by atoms with van der Waals surface area (Å²) in [7, 11) is 6.32. The van der Waals surface area contributed by atoms with Crippen LogP contribution in [0.1, 0.15) is 11.1 Å². The lowest BCUT2D eigenvalue weighted by atomic mass is 9.84. The SMILES string of the molecule is COCC(Cc1ccc(O)c(OC)c1)C(C=O)Cc1ccc(OC)c(OC)c1. The minimum absolute atomic E-state index is 0.0233. The number of phenols is 1. The van der Waals surface area contributed by atoms with E-state index in [0.717, 1.165) is 17.4 Å². The molecule has 152 valence electrons. The lowest BCUT2D eigenvalue weighted by Gasteiger charge is -2.23. The van der Waals surface area contributed by atoms with Gasteiger partial charge in [0.25, 0.3) is 0 Å². The molecule has 0 aromatic heterocycles. The molecule has 0 aliphatic carbocycles. The maximum Gasteiger partial charge on any atom is 0.160 e. The number of aldehydes is 1. The van der Waals surface area contributed by atoms with Crippen LogP contribution in [0, 0.1) is 11.8 Å². The summed E-state index contributed by atoms with van der Waals surface area (Å²) in [5, 5.41) is 9.79. The summed E-state index contributed by atoms with van der Waals surface area (Å²) in [6, 6.07) is 10.9. The van der Waals surface area contributed by atoms with Gasteiger partial charge in [0.2, 0.25) is 0 Å². The number of phenolic OH excluding ortho intramolecular Hbond substituents is 1. The highest BCUT2D eigenvalue weighted by Gasteiger charge is 2.23. The summed E-state index contributed by atoms with van der Waals surface area (Å²) >= 11 is 0. The number of carbonyl (C=O) groups is 1. The van der Waals surface area contributed by atoms with Crippen LogP contribution in [0.25, 0.3) is 0 Å². The molecule has 0 saturated heterocycles. The number of aromatic hydroxyl groups is 1. The van der Waals surface area contributed by atoms with Crippen LogP contribution in [-0.2, 0) is 22.4 Å². The number of hydrogen-bond acceptors (Lipinski definition) is 6. The van der Waals surface area contributed by atoms with Crippen LogP contribution in [0.15, 0.2) is 36.4 Å². The van der Waals surface area contributed by atoms with Crippen LogP contribution in [-0.4, -0.2) is 46.4 Å². The summed E-state index contributed by atoms with van der Waals surface area (Å²) in [5.74, 6) is 1.53. The van der Waals surface area contributed by atoms with Gasteiger partial charge in [-0.2, -0.15) is 0 Å². The van der Waals surface area contributed by atoms with E-state index in [-0.39, 0.29) is 17.6 Å². The second-order valence-corrected chi connectivity index (χ2v) is 6.62. The van der Waals surface area contributed by atoms with Crippen LogP contribution in [0.4, 0.5) is 0 Å². The van der Waals surface area contributed by atoms with Crippen LogP contribution >= 0.6 is 0 Å². The van der Waals surface area contributed by atoms with Gasteiger partial charge in [-0.15, -0.1) is 0 Å². The Balaban J connectivity index is 2.21. The molecule has 0 radical (unpaired) electrons. The van der Waals surface area contributed by atoms with Crippen molar-refractivity contribution in [1.82, 2.24) is 0 Å². The summed E-state index contributed by atoms with van der Waals surface area (Å²) in [4.78, 5) is 11.9. The molecule has 0 amide bonds. The van der Waals surface area contributed by atoms with Crippen molar-refractivity contribution in [3.8, 4) is 23.0 Å². The second kappa shape index (κ2) is 10.6. The van der Waals surface area contributed by atoms with E-state index in [4.69, 9.17) is 18.9 Å². The second-order valence-electron chi connectivity index (χ2n) is 6.62. The largest absolute Gasteiger partial charge is 0.504 e. The number of carbonyl (C=O) groups excluding carboxylic acids is 1. The molecule has 1 N–H and O–H groups in total. The maximum atomic E-state index is 11.9. The molecule has 2 aromatic carbocycles. The molecule has 0 bridgehead atoms. The van der Waals surface area contributed by atoms with Gasteiger partial charge in [0.1, 0.15) is 6.29 Å². The summed E-state index contributed by atoms with van der Waals surface area (Å²) < 4.78 is 21.2. The van der Waals surface area contributed by atoms with Crippen molar-refractivity contribution < 1.29 is 28.8 Å². The minimum atomic E-state index is -0.238. The highest BCUT2D eigenvalue weighted by Crippen LogP contribution is 2.31. The first kappa shape index (κ1) is 21.6. The quantitative estimate of drug-likeness (QED) is 0.596. The monoisotopic (exact) mass is 388 g/mol. The average Bonchev–Trinajstić information content (AvgIpc) is 2.72. The molecule has 0 aliphatic rings. The molecule has 0 spiro atoms. The Morgan fingerprint density at radius 1 is 0.857 bits per heavy atom. The van der Waals surface area contributed by atoms with E-state index in [1.165, 1.54) is 7.11 Å². The molecule has 2 aromatic rings. The van der Waals surface area contributed by atoms with E-state index in [1.54, 1.807) is 33.5 Å². The topological polar surface area (TPSA) is 74.2 Å². The van der Waals surface area contributed by atoms with Crippen molar-refractivity contribution in [2.45, 2.75) is 12.8 Å². The Hall–Kier alpha value is -2.73. The summed E-state index contributed by atoms with van der Waals surface area (Å²) in [6.07, 6.45) is 2.17. The Morgan fingerprint density at radius 2 is 1.46 bits per heavy atom. The van der Waals surface area contributed by atoms with E-state index in [9.17, 15) is 9.90 Å².